The van der Waals surface area contributed by atoms with Gasteiger partial charge >= 0.3 is 0 Å². The summed E-state index contributed by atoms with van der Waals surface area (Å²) in [5.41, 5.74) is 9.20. The van der Waals surface area contributed by atoms with Crippen LogP contribution in [0.25, 0.3) is 5.65 Å². The van der Waals surface area contributed by atoms with Gasteiger partial charge < -0.3 is 11.1 Å². The molecule has 2 aromatic heterocycles. The number of hydrogen-bond acceptors (Lipinski definition) is 4. The quantitative estimate of drug-likeness (QED) is 0.760. The van der Waals surface area contributed by atoms with Gasteiger partial charge in [0.2, 0.25) is 5.95 Å². The Morgan fingerprint density at radius 3 is 2.75 bits per heavy atom. The summed E-state index contributed by atoms with van der Waals surface area (Å²) < 4.78 is 1.77. The van der Waals surface area contributed by atoms with Gasteiger partial charge in [-0.2, -0.15) is 4.98 Å². The van der Waals surface area contributed by atoms with Crippen LogP contribution in [0.2, 0.25) is 0 Å². The summed E-state index contributed by atoms with van der Waals surface area (Å²) in [5.74, 6) is 0.602. The van der Waals surface area contributed by atoms with Crippen LogP contribution in [-0.4, -0.2) is 21.1 Å². The molecule has 0 saturated carbocycles. The molecule has 0 saturated heterocycles. The number of fused-ring (bicyclic) bond motifs is 1. The van der Waals surface area contributed by atoms with Gasteiger partial charge in [0.25, 0.3) is 0 Å². The average Bonchev–Trinajstić information content (AvgIpc) is 2.90. The van der Waals surface area contributed by atoms with Crippen LogP contribution in [0, 0.1) is 6.92 Å². The van der Waals surface area contributed by atoms with Crippen molar-refractivity contribution in [1.82, 2.24) is 14.6 Å². The molecule has 2 heterocycles. The lowest BCUT2D eigenvalue weighted by Crippen LogP contribution is -2.21. The smallest absolute Gasteiger partial charge is 0.243 e. The van der Waals surface area contributed by atoms with Gasteiger partial charge in [-0.3, -0.25) is 0 Å². The van der Waals surface area contributed by atoms with Crippen molar-refractivity contribution in [2.75, 3.05) is 11.9 Å². The highest BCUT2D eigenvalue weighted by Crippen LogP contribution is 2.12. The fourth-order valence-corrected chi connectivity index (χ4v) is 2.13. The monoisotopic (exact) mass is 267 g/mol. The molecular formula is C15H17N5. The number of pyridine rings is 1. The SMILES string of the molecule is Cc1cccn2nc(NCC(N)c3ccccc3)nc12. The van der Waals surface area contributed by atoms with Crippen molar-refractivity contribution in [2.24, 2.45) is 5.73 Å². The Morgan fingerprint density at radius 2 is 2.00 bits per heavy atom. The Bertz CT molecular complexity index is 705. The van der Waals surface area contributed by atoms with Gasteiger partial charge in [-0.05, 0) is 24.1 Å². The van der Waals surface area contributed by atoms with Gasteiger partial charge in [0.15, 0.2) is 5.65 Å². The van der Waals surface area contributed by atoms with E-state index in [4.69, 9.17) is 5.73 Å². The minimum Gasteiger partial charge on any atom is -0.351 e. The number of hydrogen-bond donors (Lipinski definition) is 2. The lowest BCUT2D eigenvalue weighted by Gasteiger charge is -2.11. The van der Waals surface area contributed by atoms with Crippen molar-refractivity contribution in [2.45, 2.75) is 13.0 Å². The van der Waals surface area contributed by atoms with Crippen LogP contribution in [-0.2, 0) is 0 Å². The van der Waals surface area contributed by atoms with E-state index in [1.807, 2.05) is 55.6 Å². The first-order valence-electron chi connectivity index (χ1n) is 6.60. The van der Waals surface area contributed by atoms with Gasteiger partial charge in [-0.15, -0.1) is 5.10 Å². The topological polar surface area (TPSA) is 68.2 Å². The summed E-state index contributed by atoms with van der Waals surface area (Å²) in [6.07, 6.45) is 1.89. The molecule has 3 aromatic rings. The highest BCUT2D eigenvalue weighted by molar-refractivity contribution is 5.49. The normalized spacial score (nSPS) is 12.5. The van der Waals surface area contributed by atoms with E-state index in [-0.39, 0.29) is 6.04 Å². The Morgan fingerprint density at radius 1 is 1.20 bits per heavy atom. The summed E-state index contributed by atoms with van der Waals surface area (Å²) in [7, 11) is 0. The Hall–Kier alpha value is -2.40. The molecule has 0 spiro atoms. The third-order valence-electron chi connectivity index (χ3n) is 3.27. The van der Waals surface area contributed by atoms with E-state index < -0.39 is 0 Å². The summed E-state index contributed by atoms with van der Waals surface area (Å²) in [6, 6.07) is 13.9. The standard InChI is InChI=1S/C15H17N5/c1-11-6-5-9-20-14(11)18-15(19-20)17-10-13(16)12-7-3-2-4-8-12/h2-9,13H,10,16H2,1H3,(H,17,19). The predicted molar refractivity (Wildman–Crippen MR) is 79.6 cm³/mol. The number of nitrogens with one attached hydrogen (secondary N) is 1. The zero-order chi connectivity index (χ0) is 13.9. The van der Waals surface area contributed by atoms with Gasteiger partial charge in [-0.1, -0.05) is 36.4 Å². The maximum absolute atomic E-state index is 6.14. The van der Waals surface area contributed by atoms with Gasteiger partial charge in [0.1, 0.15) is 0 Å². The van der Waals surface area contributed by atoms with Gasteiger partial charge in [0.05, 0.1) is 0 Å². The maximum atomic E-state index is 6.14. The summed E-state index contributed by atoms with van der Waals surface area (Å²) >= 11 is 0. The van der Waals surface area contributed by atoms with Crippen LogP contribution in [0.4, 0.5) is 5.95 Å². The first-order valence-corrected chi connectivity index (χ1v) is 6.60. The third-order valence-corrected chi connectivity index (χ3v) is 3.27. The number of aryl methyl sites for hydroxylation is 1. The van der Waals surface area contributed by atoms with E-state index in [1.54, 1.807) is 4.52 Å². The minimum atomic E-state index is -0.0797. The zero-order valence-electron chi connectivity index (χ0n) is 11.3. The first-order chi connectivity index (χ1) is 9.74. The number of nitrogens with zero attached hydrogens (tertiary/aromatic N) is 3. The molecule has 1 atom stereocenters. The summed E-state index contributed by atoms with van der Waals surface area (Å²) in [6.45, 7) is 2.61. The molecule has 0 aliphatic rings. The fourth-order valence-electron chi connectivity index (χ4n) is 2.13. The number of rotatable bonds is 4. The molecule has 5 heteroatoms. The molecule has 0 bridgehead atoms. The van der Waals surface area contributed by atoms with Crippen LogP contribution >= 0.6 is 0 Å². The number of benzene rings is 1. The summed E-state index contributed by atoms with van der Waals surface area (Å²) in [5, 5.41) is 7.57. The molecule has 0 fully saturated rings. The maximum Gasteiger partial charge on any atom is 0.243 e. The Balaban J connectivity index is 1.72. The van der Waals surface area contributed by atoms with Gasteiger partial charge in [0, 0.05) is 18.8 Å². The number of anilines is 1. The number of aromatic nitrogens is 3. The fraction of sp³-hybridized carbons (Fsp3) is 0.200. The molecular weight excluding hydrogens is 250 g/mol. The second-order valence-corrected chi connectivity index (χ2v) is 4.79. The lowest BCUT2D eigenvalue weighted by atomic mass is 10.1. The predicted octanol–water partition coefficient (Wildman–Crippen LogP) is 2.15. The highest BCUT2D eigenvalue weighted by atomic mass is 15.3. The van der Waals surface area contributed by atoms with Crippen molar-refractivity contribution in [3.8, 4) is 0 Å². The molecule has 0 aliphatic heterocycles. The van der Waals surface area contributed by atoms with E-state index in [0.29, 0.717) is 12.5 Å². The second kappa shape index (κ2) is 5.30. The van der Waals surface area contributed by atoms with E-state index in [9.17, 15) is 0 Å². The van der Waals surface area contributed by atoms with Crippen LogP contribution < -0.4 is 11.1 Å². The second-order valence-electron chi connectivity index (χ2n) is 4.79. The lowest BCUT2D eigenvalue weighted by molar-refractivity contribution is 0.757. The molecule has 102 valence electrons. The molecule has 20 heavy (non-hydrogen) atoms. The van der Waals surface area contributed by atoms with Crippen LogP contribution in [0.15, 0.2) is 48.7 Å². The van der Waals surface area contributed by atoms with Crippen LogP contribution in [0.1, 0.15) is 17.2 Å². The first kappa shape index (κ1) is 12.6. The van der Waals surface area contributed by atoms with Crippen molar-refractivity contribution in [3.63, 3.8) is 0 Å². The molecule has 0 aliphatic carbocycles. The van der Waals surface area contributed by atoms with Crippen molar-refractivity contribution < 1.29 is 0 Å². The molecule has 3 N–H and O–H groups in total. The zero-order valence-corrected chi connectivity index (χ0v) is 11.3. The molecule has 3 rings (SSSR count). The molecule has 1 unspecified atom stereocenters. The van der Waals surface area contributed by atoms with Gasteiger partial charge in [-0.25, -0.2) is 4.52 Å². The largest absolute Gasteiger partial charge is 0.351 e. The van der Waals surface area contributed by atoms with E-state index >= 15 is 0 Å². The minimum absolute atomic E-state index is 0.0797. The van der Waals surface area contributed by atoms with Crippen molar-refractivity contribution >= 4 is 11.6 Å². The number of nitrogens with two attached hydrogens (primary N) is 1. The van der Waals surface area contributed by atoms with Crippen LogP contribution in [0.3, 0.4) is 0 Å². The molecule has 1 aromatic carbocycles. The molecule has 5 nitrogen and oxygen atoms in total. The molecule has 0 radical (unpaired) electrons. The third kappa shape index (κ3) is 2.48. The van der Waals surface area contributed by atoms with E-state index in [1.165, 1.54) is 0 Å². The summed E-state index contributed by atoms with van der Waals surface area (Å²) in [4.78, 5) is 4.46. The Labute approximate surface area is 117 Å². The van der Waals surface area contributed by atoms with Crippen LogP contribution in [0.5, 0.6) is 0 Å². The van der Waals surface area contributed by atoms with E-state index in [0.717, 1.165) is 16.8 Å². The van der Waals surface area contributed by atoms with E-state index in [2.05, 4.69) is 15.4 Å². The van der Waals surface area contributed by atoms with Crippen molar-refractivity contribution in [1.29, 1.82) is 0 Å². The highest BCUT2D eigenvalue weighted by Gasteiger charge is 2.08. The molecule has 0 amide bonds. The Kier molecular flexibility index (Phi) is 3.35. The van der Waals surface area contributed by atoms with Crippen molar-refractivity contribution in [3.05, 3.63) is 59.8 Å². The average molecular weight is 267 g/mol.